The van der Waals surface area contributed by atoms with Gasteiger partial charge in [-0.2, -0.15) is 13.2 Å². The molecule has 0 amide bonds. The fourth-order valence-corrected chi connectivity index (χ4v) is 0.804. The predicted molar refractivity (Wildman–Crippen MR) is 41.8 cm³/mol. The third-order valence-electron chi connectivity index (χ3n) is 1.76. The highest BCUT2D eigenvalue weighted by Crippen LogP contribution is 2.39. The molecule has 0 bridgehead atoms. The maximum absolute atomic E-state index is 12.8. The van der Waals surface area contributed by atoms with E-state index in [1.165, 1.54) is 0 Å². The van der Waals surface area contributed by atoms with Gasteiger partial charge in [-0.05, 0) is 0 Å². The van der Waals surface area contributed by atoms with Crippen LogP contribution < -0.4 is 0 Å². The molecular weight excluding hydrogens is 242 g/mol. The van der Waals surface area contributed by atoms with Gasteiger partial charge in [-0.25, -0.2) is 18.0 Å². The minimum atomic E-state index is -5.69. The van der Waals surface area contributed by atoms with Crippen LogP contribution in [0.2, 0.25) is 0 Å². The number of alkyl halides is 6. The Balaban J connectivity index is 4.84. The lowest BCUT2D eigenvalue weighted by atomic mass is 9.98. The Hall–Kier alpha value is -1.21. The number of rotatable bonds is 4. The Morgan fingerprint density at radius 1 is 1.25 bits per heavy atom. The number of carboxylic acid groups (broad SMARTS) is 1. The van der Waals surface area contributed by atoms with E-state index in [0.717, 1.165) is 0 Å². The lowest BCUT2D eigenvalue weighted by Gasteiger charge is -2.26. The molecule has 0 aliphatic carbocycles. The van der Waals surface area contributed by atoms with Crippen molar-refractivity contribution in [2.75, 3.05) is 0 Å². The van der Waals surface area contributed by atoms with E-state index in [2.05, 4.69) is 0 Å². The molecule has 0 aromatic rings. The summed E-state index contributed by atoms with van der Waals surface area (Å²) in [4.78, 5) is 9.95. The standard InChI is InChI=1S/C8H8F6O2/c1-4(2-3-5(15)16)7(10,11)6(9)8(12,13)14/h2-4,6H,1H3,(H,15,16). The SMILES string of the molecule is CC(C=CC(=O)O)C(F)(F)C(F)C(F)(F)F. The van der Waals surface area contributed by atoms with Crippen LogP contribution in [0.4, 0.5) is 26.3 Å². The lowest BCUT2D eigenvalue weighted by Crippen LogP contribution is -2.45. The molecule has 2 unspecified atom stereocenters. The predicted octanol–water partition coefficient (Wildman–Crippen LogP) is 2.80. The summed E-state index contributed by atoms with van der Waals surface area (Å²) in [5.74, 6) is -8.49. The fraction of sp³-hybridized carbons (Fsp3) is 0.625. The second-order valence-electron chi connectivity index (χ2n) is 3.06. The van der Waals surface area contributed by atoms with E-state index < -0.39 is 30.2 Å². The highest BCUT2D eigenvalue weighted by Gasteiger charge is 2.58. The van der Waals surface area contributed by atoms with Crippen LogP contribution in [0, 0.1) is 5.92 Å². The average molecular weight is 250 g/mol. The largest absolute Gasteiger partial charge is 0.478 e. The number of carboxylic acids is 1. The van der Waals surface area contributed by atoms with Crippen molar-refractivity contribution in [1.29, 1.82) is 0 Å². The summed E-state index contributed by atoms with van der Waals surface area (Å²) < 4.78 is 73.2. The number of halogens is 6. The summed E-state index contributed by atoms with van der Waals surface area (Å²) in [6.07, 6.45) is -9.47. The van der Waals surface area contributed by atoms with Crippen molar-refractivity contribution in [2.45, 2.75) is 25.2 Å². The first-order valence-corrected chi connectivity index (χ1v) is 3.99. The summed E-state index contributed by atoms with van der Waals surface area (Å²) >= 11 is 0. The van der Waals surface area contributed by atoms with Crippen molar-refractivity contribution in [3.63, 3.8) is 0 Å². The molecule has 1 N–H and O–H groups in total. The van der Waals surface area contributed by atoms with E-state index in [4.69, 9.17) is 5.11 Å². The van der Waals surface area contributed by atoms with Gasteiger partial charge < -0.3 is 5.11 Å². The van der Waals surface area contributed by atoms with Crippen molar-refractivity contribution in [3.05, 3.63) is 12.2 Å². The molecule has 0 saturated carbocycles. The Bertz CT molecular complexity index is 283. The molecule has 0 spiro atoms. The third kappa shape index (κ3) is 3.74. The van der Waals surface area contributed by atoms with Crippen LogP contribution in [0.1, 0.15) is 6.92 Å². The molecule has 0 rings (SSSR count). The quantitative estimate of drug-likeness (QED) is 0.615. The number of hydrogen-bond donors (Lipinski definition) is 1. The molecule has 0 aliphatic heterocycles. The first-order chi connectivity index (χ1) is 6.99. The van der Waals surface area contributed by atoms with E-state index in [-0.39, 0.29) is 6.08 Å². The molecule has 16 heavy (non-hydrogen) atoms. The maximum Gasteiger partial charge on any atom is 0.425 e. The summed E-state index contributed by atoms with van der Waals surface area (Å²) in [7, 11) is 0. The van der Waals surface area contributed by atoms with E-state index in [9.17, 15) is 31.1 Å². The van der Waals surface area contributed by atoms with E-state index in [0.29, 0.717) is 13.0 Å². The molecule has 0 aromatic carbocycles. The van der Waals surface area contributed by atoms with Crippen molar-refractivity contribution in [1.82, 2.24) is 0 Å². The van der Waals surface area contributed by atoms with Crippen molar-refractivity contribution >= 4 is 5.97 Å². The van der Waals surface area contributed by atoms with Crippen LogP contribution in [0.25, 0.3) is 0 Å². The van der Waals surface area contributed by atoms with Crippen molar-refractivity contribution in [3.8, 4) is 0 Å². The Labute approximate surface area is 86.6 Å². The molecule has 94 valence electrons. The van der Waals surface area contributed by atoms with Crippen LogP contribution in [-0.2, 0) is 4.79 Å². The number of carbonyl (C=O) groups is 1. The maximum atomic E-state index is 12.8. The minimum absolute atomic E-state index is 0.238. The van der Waals surface area contributed by atoms with Crippen LogP contribution in [0.5, 0.6) is 0 Å². The molecule has 0 aliphatic rings. The van der Waals surface area contributed by atoms with Gasteiger partial charge in [0.2, 0.25) is 0 Å². The summed E-state index contributed by atoms with van der Waals surface area (Å²) in [6, 6.07) is 0. The zero-order valence-corrected chi connectivity index (χ0v) is 7.93. The van der Waals surface area contributed by atoms with Crippen LogP contribution in [0.3, 0.4) is 0 Å². The van der Waals surface area contributed by atoms with Crippen molar-refractivity contribution in [2.24, 2.45) is 5.92 Å². The van der Waals surface area contributed by atoms with E-state index >= 15 is 0 Å². The molecule has 0 aromatic heterocycles. The monoisotopic (exact) mass is 250 g/mol. The molecule has 0 saturated heterocycles. The molecule has 0 radical (unpaired) electrons. The molecular formula is C8H8F6O2. The summed E-state index contributed by atoms with van der Waals surface area (Å²) in [6.45, 7) is 0.595. The van der Waals surface area contributed by atoms with Gasteiger partial charge in [0.1, 0.15) is 0 Å². The smallest absolute Gasteiger partial charge is 0.425 e. The van der Waals surface area contributed by atoms with Crippen LogP contribution in [0.15, 0.2) is 12.2 Å². The van der Waals surface area contributed by atoms with E-state index in [1.807, 2.05) is 0 Å². The summed E-state index contributed by atoms with van der Waals surface area (Å²) in [5.41, 5.74) is 0. The first-order valence-electron chi connectivity index (χ1n) is 3.99. The van der Waals surface area contributed by atoms with Gasteiger partial charge in [0.05, 0.1) is 0 Å². The fourth-order valence-electron chi connectivity index (χ4n) is 0.804. The third-order valence-corrected chi connectivity index (χ3v) is 1.76. The Morgan fingerprint density at radius 3 is 2.00 bits per heavy atom. The Morgan fingerprint density at radius 2 is 1.69 bits per heavy atom. The van der Waals surface area contributed by atoms with Gasteiger partial charge in [0.15, 0.2) is 0 Å². The topological polar surface area (TPSA) is 37.3 Å². The molecule has 8 heteroatoms. The van der Waals surface area contributed by atoms with Crippen LogP contribution in [-0.4, -0.2) is 29.3 Å². The molecule has 0 heterocycles. The minimum Gasteiger partial charge on any atom is -0.478 e. The number of hydrogen-bond acceptors (Lipinski definition) is 1. The summed E-state index contributed by atoms with van der Waals surface area (Å²) in [5, 5.41) is 8.08. The van der Waals surface area contributed by atoms with Gasteiger partial charge >= 0.3 is 12.1 Å². The highest BCUT2D eigenvalue weighted by molar-refractivity contribution is 5.79. The van der Waals surface area contributed by atoms with Gasteiger partial charge in [-0.1, -0.05) is 13.0 Å². The van der Waals surface area contributed by atoms with Gasteiger partial charge in [0, 0.05) is 12.0 Å². The second-order valence-corrected chi connectivity index (χ2v) is 3.06. The van der Waals surface area contributed by atoms with E-state index in [1.54, 1.807) is 0 Å². The number of allylic oxidation sites excluding steroid dienone is 1. The van der Waals surface area contributed by atoms with Crippen LogP contribution >= 0.6 is 0 Å². The second kappa shape index (κ2) is 4.75. The van der Waals surface area contributed by atoms with Gasteiger partial charge in [0.25, 0.3) is 12.1 Å². The lowest BCUT2D eigenvalue weighted by molar-refractivity contribution is -0.252. The molecule has 2 atom stereocenters. The first kappa shape index (κ1) is 14.8. The average Bonchev–Trinajstić information content (AvgIpc) is 2.11. The van der Waals surface area contributed by atoms with Gasteiger partial charge in [-0.3, -0.25) is 0 Å². The molecule has 0 fully saturated rings. The zero-order chi connectivity index (χ0) is 13.1. The Kier molecular flexibility index (Phi) is 4.39. The number of aliphatic carboxylic acids is 1. The van der Waals surface area contributed by atoms with Crippen molar-refractivity contribution < 1.29 is 36.2 Å². The highest BCUT2D eigenvalue weighted by atomic mass is 19.4. The molecule has 2 nitrogen and oxygen atoms in total. The normalized spacial score (nSPS) is 17.4. The zero-order valence-electron chi connectivity index (χ0n) is 7.93. The van der Waals surface area contributed by atoms with Gasteiger partial charge in [-0.15, -0.1) is 0 Å².